The van der Waals surface area contributed by atoms with Crippen LogP contribution in [0.2, 0.25) is 0 Å². The molecular weight excluding hydrogens is 203 g/mol. The third-order valence-corrected chi connectivity index (χ3v) is 1.74. The van der Waals surface area contributed by atoms with Gasteiger partial charge < -0.3 is 14.6 Å². The molecule has 0 heterocycles. The van der Waals surface area contributed by atoms with E-state index < -0.39 is 12.3 Å². The van der Waals surface area contributed by atoms with Crippen molar-refractivity contribution in [3.8, 4) is 11.5 Å². The van der Waals surface area contributed by atoms with Crippen molar-refractivity contribution in [1.29, 1.82) is 0 Å². The third kappa shape index (κ3) is 2.83. The fourth-order valence-electron chi connectivity index (χ4n) is 1.03. The fourth-order valence-corrected chi connectivity index (χ4v) is 1.03. The predicted molar refractivity (Wildman–Crippen MR) is 50.9 cm³/mol. The summed E-state index contributed by atoms with van der Waals surface area (Å²) in [4.78, 5) is 10.2. The zero-order chi connectivity index (χ0) is 11.4. The summed E-state index contributed by atoms with van der Waals surface area (Å²) in [5.41, 5.74) is 0.907. The number of ether oxygens (including phenoxy) is 2. The first-order valence-electron chi connectivity index (χ1n) is 4.22. The van der Waals surface area contributed by atoms with Crippen molar-refractivity contribution in [1.82, 2.24) is 0 Å². The Balaban J connectivity index is 2.89. The van der Waals surface area contributed by atoms with Gasteiger partial charge in [-0.3, -0.25) is 0 Å². The van der Waals surface area contributed by atoms with E-state index in [2.05, 4.69) is 4.74 Å². The van der Waals surface area contributed by atoms with E-state index in [9.17, 15) is 9.18 Å². The van der Waals surface area contributed by atoms with Crippen LogP contribution >= 0.6 is 0 Å². The number of hydrogen-bond acceptors (Lipinski definition) is 3. The van der Waals surface area contributed by atoms with Gasteiger partial charge in [0.25, 0.3) is 0 Å². The minimum atomic E-state index is -2.39. The first kappa shape index (κ1) is 11.3. The number of carboxylic acid groups (broad SMARTS) is 1. The van der Waals surface area contributed by atoms with Crippen molar-refractivity contribution >= 4 is 5.97 Å². The molecule has 1 unspecified atom stereocenters. The number of methoxy groups -OCH3 is 1. The molecule has 15 heavy (non-hydrogen) atoms. The van der Waals surface area contributed by atoms with Crippen LogP contribution in [-0.4, -0.2) is 24.5 Å². The number of aryl methyl sites for hydroxylation is 1. The minimum Gasteiger partial charge on any atom is -0.493 e. The Bertz CT molecular complexity index is 364. The van der Waals surface area contributed by atoms with Gasteiger partial charge in [0.05, 0.1) is 7.11 Å². The maximum Gasteiger partial charge on any atom is 0.378 e. The van der Waals surface area contributed by atoms with Crippen molar-refractivity contribution in [3.63, 3.8) is 0 Å². The Hall–Kier alpha value is -1.78. The zero-order valence-electron chi connectivity index (χ0n) is 8.36. The number of carbonyl (C=O) groups is 1. The van der Waals surface area contributed by atoms with Gasteiger partial charge in [0, 0.05) is 0 Å². The Morgan fingerprint density at radius 3 is 2.67 bits per heavy atom. The van der Waals surface area contributed by atoms with Crippen LogP contribution in [0, 0.1) is 6.92 Å². The van der Waals surface area contributed by atoms with Gasteiger partial charge in [0.15, 0.2) is 11.5 Å². The highest BCUT2D eigenvalue weighted by molar-refractivity contribution is 5.71. The summed E-state index contributed by atoms with van der Waals surface area (Å²) in [6.45, 7) is 1.83. The van der Waals surface area contributed by atoms with E-state index in [0.29, 0.717) is 5.75 Å². The Labute approximate surface area is 86.2 Å². The summed E-state index contributed by atoms with van der Waals surface area (Å²) in [5, 5.41) is 8.32. The molecular formula is C10H11FO4. The van der Waals surface area contributed by atoms with E-state index in [-0.39, 0.29) is 5.75 Å². The normalized spacial score (nSPS) is 11.9. The summed E-state index contributed by atoms with van der Waals surface area (Å²) in [5.74, 6) is -1.30. The van der Waals surface area contributed by atoms with Gasteiger partial charge in [0.2, 0.25) is 0 Å². The van der Waals surface area contributed by atoms with E-state index in [1.807, 2.05) is 6.92 Å². The van der Waals surface area contributed by atoms with Crippen LogP contribution in [0.25, 0.3) is 0 Å². The van der Waals surface area contributed by atoms with E-state index in [0.717, 1.165) is 5.56 Å². The largest absolute Gasteiger partial charge is 0.493 e. The lowest BCUT2D eigenvalue weighted by Crippen LogP contribution is -2.21. The van der Waals surface area contributed by atoms with Gasteiger partial charge in [-0.15, -0.1) is 0 Å². The molecule has 0 bridgehead atoms. The van der Waals surface area contributed by atoms with Crippen molar-refractivity contribution in [2.24, 2.45) is 0 Å². The lowest BCUT2D eigenvalue weighted by atomic mass is 10.2. The molecule has 0 aliphatic rings. The van der Waals surface area contributed by atoms with Crippen LogP contribution in [0.3, 0.4) is 0 Å². The minimum absolute atomic E-state index is 0.0676. The zero-order valence-corrected chi connectivity index (χ0v) is 8.36. The van der Waals surface area contributed by atoms with Crippen LogP contribution < -0.4 is 9.47 Å². The molecule has 0 fully saturated rings. The number of rotatable bonds is 4. The summed E-state index contributed by atoms with van der Waals surface area (Å²) >= 11 is 0. The molecule has 0 saturated carbocycles. The lowest BCUT2D eigenvalue weighted by Gasteiger charge is -2.11. The number of alkyl halides is 1. The fraction of sp³-hybridized carbons (Fsp3) is 0.300. The molecule has 0 aliphatic heterocycles. The molecule has 0 saturated heterocycles. The van der Waals surface area contributed by atoms with Crippen LogP contribution in [-0.2, 0) is 4.79 Å². The molecule has 1 N–H and O–H groups in total. The standard InChI is InChI=1S/C10H11FO4/c1-6-3-4-7(8(5-6)14-2)15-9(11)10(12)13/h3-5,9H,1-2H3,(H,12,13). The maximum absolute atomic E-state index is 12.8. The molecule has 1 rings (SSSR count). The second kappa shape index (κ2) is 4.63. The monoisotopic (exact) mass is 214 g/mol. The Kier molecular flexibility index (Phi) is 3.49. The van der Waals surface area contributed by atoms with E-state index >= 15 is 0 Å². The average Bonchev–Trinajstić information content (AvgIpc) is 2.20. The van der Waals surface area contributed by atoms with Gasteiger partial charge in [0.1, 0.15) is 0 Å². The van der Waals surface area contributed by atoms with Crippen LogP contribution in [0.4, 0.5) is 4.39 Å². The second-order valence-corrected chi connectivity index (χ2v) is 2.93. The number of benzene rings is 1. The lowest BCUT2D eigenvalue weighted by molar-refractivity contribution is -0.153. The van der Waals surface area contributed by atoms with E-state index in [4.69, 9.17) is 9.84 Å². The highest BCUT2D eigenvalue weighted by Gasteiger charge is 2.19. The van der Waals surface area contributed by atoms with Crippen molar-refractivity contribution in [2.75, 3.05) is 7.11 Å². The average molecular weight is 214 g/mol. The molecule has 1 aromatic rings. The second-order valence-electron chi connectivity index (χ2n) is 2.93. The van der Waals surface area contributed by atoms with Crippen LogP contribution in [0.15, 0.2) is 18.2 Å². The molecule has 1 aromatic carbocycles. The quantitative estimate of drug-likeness (QED) is 0.829. The Morgan fingerprint density at radius 1 is 1.47 bits per heavy atom. The summed E-state index contributed by atoms with van der Waals surface area (Å²) < 4.78 is 22.2. The van der Waals surface area contributed by atoms with Crippen molar-refractivity contribution in [3.05, 3.63) is 23.8 Å². The van der Waals surface area contributed by atoms with Gasteiger partial charge in [-0.25, -0.2) is 4.79 Å². The number of halogens is 1. The molecule has 1 atom stereocenters. The molecule has 0 radical (unpaired) electrons. The molecule has 0 aliphatic carbocycles. The van der Waals surface area contributed by atoms with E-state index in [1.54, 1.807) is 12.1 Å². The van der Waals surface area contributed by atoms with Crippen molar-refractivity contribution < 1.29 is 23.8 Å². The highest BCUT2D eigenvalue weighted by atomic mass is 19.1. The van der Waals surface area contributed by atoms with Crippen LogP contribution in [0.5, 0.6) is 11.5 Å². The number of hydrogen-bond donors (Lipinski definition) is 1. The van der Waals surface area contributed by atoms with Gasteiger partial charge in [-0.05, 0) is 24.6 Å². The number of aliphatic carboxylic acids is 1. The highest BCUT2D eigenvalue weighted by Crippen LogP contribution is 2.28. The predicted octanol–water partition coefficient (Wildman–Crippen LogP) is 1.76. The van der Waals surface area contributed by atoms with Crippen LogP contribution in [0.1, 0.15) is 5.56 Å². The maximum atomic E-state index is 12.8. The van der Waals surface area contributed by atoms with Gasteiger partial charge in [-0.1, -0.05) is 6.07 Å². The summed E-state index contributed by atoms with van der Waals surface area (Å²) in [6.07, 6.45) is -2.39. The molecule has 0 aromatic heterocycles. The third-order valence-electron chi connectivity index (χ3n) is 1.74. The van der Waals surface area contributed by atoms with E-state index in [1.165, 1.54) is 13.2 Å². The summed E-state index contributed by atoms with van der Waals surface area (Å²) in [6, 6.07) is 4.76. The molecule has 0 spiro atoms. The topological polar surface area (TPSA) is 55.8 Å². The first-order valence-corrected chi connectivity index (χ1v) is 4.22. The van der Waals surface area contributed by atoms with Crippen molar-refractivity contribution in [2.45, 2.75) is 13.3 Å². The molecule has 82 valence electrons. The molecule has 5 heteroatoms. The molecule has 4 nitrogen and oxygen atoms in total. The van der Waals surface area contributed by atoms with Gasteiger partial charge >= 0.3 is 12.3 Å². The summed E-state index contributed by atoms with van der Waals surface area (Å²) in [7, 11) is 1.40. The molecule has 0 amide bonds. The SMILES string of the molecule is COc1cc(C)ccc1OC(F)C(=O)O. The Morgan fingerprint density at radius 2 is 2.13 bits per heavy atom. The smallest absolute Gasteiger partial charge is 0.378 e. The number of carboxylic acids is 1. The van der Waals surface area contributed by atoms with Gasteiger partial charge in [-0.2, -0.15) is 4.39 Å². The first-order chi connectivity index (χ1) is 7.04.